The molecule has 0 saturated heterocycles. The van der Waals surface area contributed by atoms with E-state index < -0.39 is 11.7 Å². The third-order valence-electron chi connectivity index (χ3n) is 2.76. The molecule has 1 atom stereocenters. The molecule has 5 nitrogen and oxygen atoms in total. The molecule has 0 aromatic carbocycles. The quantitative estimate of drug-likeness (QED) is 0.937. The third-order valence-corrected chi connectivity index (χ3v) is 2.76. The number of aromatic nitrogens is 3. The molecular weight excluding hydrogens is 309 g/mol. The van der Waals surface area contributed by atoms with Crippen molar-refractivity contribution in [2.45, 2.75) is 25.6 Å². The minimum Gasteiger partial charge on any atom is -0.332 e. The molecule has 116 valence electrons. The molecule has 0 radical (unpaired) electrons. The predicted molar refractivity (Wildman–Crippen MR) is 72.0 cm³/mol. The minimum atomic E-state index is -4.41. The highest BCUT2D eigenvalue weighted by Crippen LogP contribution is 2.29. The highest BCUT2D eigenvalue weighted by molar-refractivity contribution is 5.85. The smallest absolute Gasteiger partial charge is 0.332 e. The van der Waals surface area contributed by atoms with Crippen molar-refractivity contribution in [3.8, 4) is 11.6 Å². The predicted octanol–water partition coefficient (Wildman–Crippen LogP) is 2.72. The molecule has 2 heterocycles. The Morgan fingerprint density at radius 3 is 2.57 bits per heavy atom. The van der Waals surface area contributed by atoms with E-state index >= 15 is 0 Å². The summed E-state index contributed by atoms with van der Waals surface area (Å²) in [7, 11) is 1.81. The lowest BCUT2D eigenvalue weighted by Gasteiger charge is -2.05. The number of hydrogen-bond donors (Lipinski definition) is 1. The summed E-state index contributed by atoms with van der Waals surface area (Å²) in [6.07, 6.45) is -3.11. The van der Waals surface area contributed by atoms with Gasteiger partial charge in [0.1, 0.15) is 5.69 Å². The van der Waals surface area contributed by atoms with Crippen molar-refractivity contribution in [2.75, 3.05) is 7.05 Å². The second-order valence-corrected chi connectivity index (χ2v) is 4.34. The van der Waals surface area contributed by atoms with E-state index in [9.17, 15) is 13.2 Å². The Balaban J connectivity index is 0.00000220. The van der Waals surface area contributed by atoms with Crippen LogP contribution in [0.5, 0.6) is 0 Å². The van der Waals surface area contributed by atoms with Gasteiger partial charge < -0.3 is 9.84 Å². The van der Waals surface area contributed by atoms with E-state index in [2.05, 4.69) is 20.4 Å². The summed E-state index contributed by atoms with van der Waals surface area (Å²) >= 11 is 0. The molecular formula is C12H14ClF3N4O. The van der Waals surface area contributed by atoms with Gasteiger partial charge in [-0.2, -0.15) is 18.2 Å². The average Bonchev–Trinajstić information content (AvgIpc) is 2.86. The molecule has 9 heteroatoms. The normalized spacial score (nSPS) is 12.8. The Hall–Kier alpha value is -1.67. The van der Waals surface area contributed by atoms with Crippen LogP contribution in [-0.4, -0.2) is 28.2 Å². The van der Waals surface area contributed by atoms with Gasteiger partial charge >= 0.3 is 6.18 Å². The van der Waals surface area contributed by atoms with Crippen molar-refractivity contribution in [1.82, 2.24) is 20.4 Å². The van der Waals surface area contributed by atoms with Crippen LogP contribution in [0.3, 0.4) is 0 Å². The largest absolute Gasteiger partial charge is 0.417 e. The molecule has 2 aromatic rings. The fourth-order valence-electron chi connectivity index (χ4n) is 1.50. The van der Waals surface area contributed by atoms with E-state index in [0.717, 1.165) is 12.3 Å². The Morgan fingerprint density at radius 2 is 2.05 bits per heavy atom. The Morgan fingerprint density at radius 1 is 1.33 bits per heavy atom. The fourth-order valence-corrected chi connectivity index (χ4v) is 1.50. The highest BCUT2D eigenvalue weighted by Gasteiger charge is 2.30. The zero-order valence-electron chi connectivity index (χ0n) is 11.3. The van der Waals surface area contributed by atoms with Gasteiger partial charge in [0.15, 0.2) is 5.82 Å². The molecule has 21 heavy (non-hydrogen) atoms. The van der Waals surface area contributed by atoms with Crippen LogP contribution in [0.15, 0.2) is 22.9 Å². The summed E-state index contributed by atoms with van der Waals surface area (Å²) in [5.41, 5.74) is -0.598. The standard InChI is InChI=1S/C12H13F3N4O.ClH/c1-7(16-2)5-10-18-11(20-19-10)9-4-3-8(6-17-9)12(13,14)15;/h3-4,6-7,16H,5H2,1-2H3;1H. The van der Waals surface area contributed by atoms with E-state index in [1.54, 1.807) is 0 Å². The molecule has 0 fully saturated rings. The van der Waals surface area contributed by atoms with E-state index in [4.69, 9.17) is 4.52 Å². The molecule has 0 amide bonds. The van der Waals surface area contributed by atoms with Crippen LogP contribution >= 0.6 is 12.4 Å². The number of hydrogen-bond acceptors (Lipinski definition) is 5. The van der Waals surface area contributed by atoms with Crippen molar-refractivity contribution in [3.05, 3.63) is 29.7 Å². The van der Waals surface area contributed by atoms with Crippen LogP contribution in [-0.2, 0) is 12.6 Å². The molecule has 0 aliphatic heterocycles. The molecule has 0 aliphatic rings. The first-order chi connectivity index (χ1) is 9.40. The van der Waals surface area contributed by atoms with Crippen molar-refractivity contribution < 1.29 is 17.7 Å². The van der Waals surface area contributed by atoms with E-state index in [1.807, 2.05) is 14.0 Å². The van der Waals surface area contributed by atoms with Gasteiger partial charge in [-0.25, -0.2) is 0 Å². The highest BCUT2D eigenvalue weighted by atomic mass is 35.5. The van der Waals surface area contributed by atoms with Crippen LogP contribution < -0.4 is 5.32 Å². The third kappa shape index (κ3) is 4.40. The Bertz CT molecular complexity index is 571. The SMILES string of the molecule is CNC(C)Cc1noc(-c2ccc(C(F)(F)F)cn2)n1.Cl. The number of rotatable bonds is 4. The number of likely N-dealkylation sites (N-methyl/N-ethyl adjacent to an activating group) is 1. The number of nitrogens with one attached hydrogen (secondary N) is 1. The summed E-state index contributed by atoms with van der Waals surface area (Å²) in [6.45, 7) is 1.95. The van der Waals surface area contributed by atoms with Crippen LogP contribution in [0.1, 0.15) is 18.3 Å². The maximum absolute atomic E-state index is 12.4. The summed E-state index contributed by atoms with van der Waals surface area (Å²) in [4.78, 5) is 7.79. The molecule has 2 aromatic heterocycles. The summed E-state index contributed by atoms with van der Waals surface area (Å²) in [5.74, 6) is 0.584. The monoisotopic (exact) mass is 322 g/mol. The molecule has 2 rings (SSSR count). The van der Waals surface area contributed by atoms with Gasteiger partial charge in [-0.05, 0) is 26.1 Å². The molecule has 1 N–H and O–H groups in total. The van der Waals surface area contributed by atoms with Gasteiger partial charge in [0.2, 0.25) is 0 Å². The van der Waals surface area contributed by atoms with Crippen LogP contribution in [0.4, 0.5) is 13.2 Å². The minimum absolute atomic E-state index is 0. The lowest BCUT2D eigenvalue weighted by Crippen LogP contribution is -2.24. The number of halogens is 4. The maximum atomic E-state index is 12.4. The lowest BCUT2D eigenvalue weighted by atomic mass is 10.2. The average molecular weight is 323 g/mol. The van der Waals surface area contributed by atoms with Crippen LogP contribution in [0.25, 0.3) is 11.6 Å². The molecule has 0 bridgehead atoms. The van der Waals surface area contributed by atoms with Crippen molar-refractivity contribution >= 4 is 12.4 Å². The van der Waals surface area contributed by atoms with Gasteiger partial charge in [-0.3, -0.25) is 4.98 Å². The summed E-state index contributed by atoms with van der Waals surface area (Å²) in [6, 6.07) is 2.31. The van der Waals surface area contributed by atoms with Crippen molar-refractivity contribution in [3.63, 3.8) is 0 Å². The summed E-state index contributed by atoms with van der Waals surface area (Å²) in [5, 5.41) is 6.79. The van der Waals surface area contributed by atoms with Crippen molar-refractivity contribution in [2.24, 2.45) is 0 Å². The fraction of sp³-hybridized carbons (Fsp3) is 0.417. The van der Waals surface area contributed by atoms with Crippen molar-refractivity contribution in [1.29, 1.82) is 0 Å². The van der Waals surface area contributed by atoms with Gasteiger partial charge in [-0.15, -0.1) is 12.4 Å². The first kappa shape index (κ1) is 17.4. The first-order valence-electron chi connectivity index (χ1n) is 5.93. The molecule has 0 spiro atoms. The number of nitrogens with zero attached hydrogens (tertiary/aromatic N) is 3. The van der Waals surface area contributed by atoms with Gasteiger partial charge in [-0.1, -0.05) is 5.16 Å². The Kier molecular flexibility index (Phi) is 5.68. The molecule has 0 aliphatic carbocycles. The number of pyridine rings is 1. The van der Waals surface area contributed by atoms with E-state index in [0.29, 0.717) is 12.2 Å². The van der Waals surface area contributed by atoms with Crippen LogP contribution in [0.2, 0.25) is 0 Å². The zero-order valence-corrected chi connectivity index (χ0v) is 12.1. The lowest BCUT2D eigenvalue weighted by molar-refractivity contribution is -0.137. The topological polar surface area (TPSA) is 63.8 Å². The van der Waals surface area contributed by atoms with E-state index in [-0.39, 0.29) is 30.0 Å². The summed E-state index contributed by atoms with van der Waals surface area (Å²) < 4.78 is 42.2. The van der Waals surface area contributed by atoms with Gasteiger partial charge in [0, 0.05) is 18.7 Å². The second-order valence-electron chi connectivity index (χ2n) is 4.34. The molecule has 0 saturated carbocycles. The second kappa shape index (κ2) is 6.86. The van der Waals surface area contributed by atoms with E-state index in [1.165, 1.54) is 6.07 Å². The van der Waals surface area contributed by atoms with Crippen LogP contribution in [0, 0.1) is 0 Å². The van der Waals surface area contributed by atoms with Gasteiger partial charge in [0.05, 0.1) is 5.56 Å². The maximum Gasteiger partial charge on any atom is 0.417 e. The van der Waals surface area contributed by atoms with Gasteiger partial charge in [0.25, 0.3) is 5.89 Å². The molecule has 1 unspecified atom stereocenters. The zero-order chi connectivity index (χ0) is 14.8. The Labute approximate surface area is 125 Å². The first-order valence-corrected chi connectivity index (χ1v) is 5.93. The number of alkyl halides is 3.